The van der Waals surface area contributed by atoms with Gasteiger partial charge in [0.2, 0.25) is 5.88 Å². The predicted molar refractivity (Wildman–Crippen MR) is 100 cm³/mol. The number of benzene rings is 2. The molecule has 0 unspecified atom stereocenters. The normalized spacial score (nSPS) is 10.5. The largest absolute Gasteiger partial charge is 0.439 e. The van der Waals surface area contributed by atoms with Crippen LogP contribution in [0.25, 0.3) is 10.9 Å². The molecular formula is C21H15N3O2. The van der Waals surface area contributed by atoms with E-state index >= 15 is 0 Å². The van der Waals surface area contributed by atoms with E-state index in [0.717, 1.165) is 10.9 Å². The standard InChI is InChI=1S/C21H15N3O2/c25-21(24-18-10-4-6-15-8-5-13-23-20(15)18)16-7-3-9-17(14-16)26-19-11-1-2-12-22-19/h1-14H,(H,24,25). The fourth-order valence-electron chi connectivity index (χ4n) is 2.63. The average Bonchev–Trinajstić information content (AvgIpc) is 2.69. The molecule has 4 rings (SSSR count). The van der Waals surface area contributed by atoms with Gasteiger partial charge in [0.05, 0.1) is 11.2 Å². The fraction of sp³-hybridized carbons (Fsp3) is 0. The maximum absolute atomic E-state index is 12.7. The molecule has 0 fully saturated rings. The Morgan fingerprint density at radius 3 is 2.58 bits per heavy atom. The Balaban J connectivity index is 1.57. The molecule has 1 amide bonds. The van der Waals surface area contributed by atoms with E-state index in [9.17, 15) is 4.79 Å². The van der Waals surface area contributed by atoms with Gasteiger partial charge < -0.3 is 10.1 Å². The molecule has 0 aliphatic carbocycles. The highest BCUT2D eigenvalue weighted by Gasteiger charge is 2.10. The highest BCUT2D eigenvalue weighted by molar-refractivity contribution is 6.08. The van der Waals surface area contributed by atoms with Crippen molar-refractivity contribution in [2.45, 2.75) is 0 Å². The van der Waals surface area contributed by atoms with E-state index in [1.807, 2.05) is 42.5 Å². The van der Waals surface area contributed by atoms with Crippen LogP contribution in [-0.2, 0) is 0 Å². The first-order valence-electron chi connectivity index (χ1n) is 8.14. The van der Waals surface area contributed by atoms with Crippen LogP contribution in [0.4, 0.5) is 5.69 Å². The molecule has 4 aromatic rings. The third kappa shape index (κ3) is 3.37. The second-order valence-corrected chi connectivity index (χ2v) is 5.63. The van der Waals surface area contributed by atoms with Crippen LogP contribution in [0.3, 0.4) is 0 Å². The van der Waals surface area contributed by atoms with Gasteiger partial charge >= 0.3 is 0 Å². The smallest absolute Gasteiger partial charge is 0.255 e. The molecule has 0 atom stereocenters. The van der Waals surface area contributed by atoms with Crippen LogP contribution in [-0.4, -0.2) is 15.9 Å². The van der Waals surface area contributed by atoms with Crippen molar-refractivity contribution in [3.63, 3.8) is 0 Å². The predicted octanol–water partition coefficient (Wildman–Crippen LogP) is 4.67. The Morgan fingerprint density at radius 2 is 1.69 bits per heavy atom. The van der Waals surface area contributed by atoms with Gasteiger partial charge in [0, 0.05) is 29.4 Å². The number of aromatic nitrogens is 2. The van der Waals surface area contributed by atoms with Crippen molar-refractivity contribution in [3.8, 4) is 11.6 Å². The number of pyridine rings is 2. The SMILES string of the molecule is O=C(Nc1cccc2cccnc12)c1cccc(Oc2ccccn2)c1. The molecule has 0 saturated carbocycles. The minimum absolute atomic E-state index is 0.227. The quantitative estimate of drug-likeness (QED) is 0.586. The summed E-state index contributed by atoms with van der Waals surface area (Å²) in [6.07, 6.45) is 3.36. The van der Waals surface area contributed by atoms with Crippen LogP contribution in [0.2, 0.25) is 0 Å². The van der Waals surface area contributed by atoms with Gasteiger partial charge in [0.1, 0.15) is 5.75 Å². The van der Waals surface area contributed by atoms with Crippen molar-refractivity contribution in [1.29, 1.82) is 0 Å². The number of anilines is 1. The molecule has 26 heavy (non-hydrogen) atoms. The Morgan fingerprint density at radius 1 is 0.846 bits per heavy atom. The number of nitrogens with zero attached hydrogens (tertiary/aromatic N) is 2. The topological polar surface area (TPSA) is 64.1 Å². The van der Waals surface area contributed by atoms with Crippen molar-refractivity contribution < 1.29 is 9.53 Å². The molecule has 2 heterocycles. The van der Waals surface area contributed by atoms with E-state index in [1.165, 1.54) is 0 Å². The van der Waals surface area contributed by atoms with E-state index < -0.39 is 0 Å². The van der Waals surface area contributed by atoms with Crippen LogP contribution >= 0.6 is 0 Å². The van der Waals surface area contributed by atoms with Crippen molar-refractivity contribution in [1.82, 2.24) is 9.97 Å². The van der Waals surface area contributed by atoms with Gasteiger partial charge in [0.25, 0.3) is 5.91 Å². The van der Waals surface area contributed by atoms with Crippen molar-refractivity contribution in [3.05, 3.63) is 90.8 Å². The number of carbonyl (C=O) groups excluding carboxylic acids is 1. The zero-order valence-electron chi connectivity index (χ0n) is 13.8. The maximum atomic E-state index is 12.7. The third-order valence-electron chi connectivity index (χ3n) is 3.84. The van der Waals surface area contributed by atoms with Gasteiger partial charge in [-0.05, 0) is 36.4 Å². The molecule has 5 nitrogen and oxygen atoms in total. The highest BCUT2D eigenvalue weighted by atomic mass is 16.5. The lowest BCUT2D eigenvalue weighted by Crippen LogP contribution is -2.12. The van der Waals surface area contributed by atoms with Crippen molar-refractivity contribution in [2.24, 2.45) is 0 Å². The number of hydrogen-bond donors (Lipinski definition) is 1. The second-order valence-electron chi connectivity index (χ2n) is 5.63. The number of carbonyl (C=O) groups is 1. The summed E-state index contributed by atoms with van der Waals surface area (Å²) >= 11 is 0. The first-order valence-corrected chi connectivity index (χ1v) is 8.14. The zero-order chi connectivity index (χ0) is 17.8. The highest BCUT2D eigenvalue weighted by Crippen LogP contribution is 2.23. The van der Waals surface area contributed by atoms with Crippen LogP contribution < -0.4 is 10.1 Å². The molecule has 2 aromatic heterocycles. The average molecular weight is 341 g/mol. The number of amides is 1. The number of rotatable bonds is 4. The summed E-state index contributed by atoms with van der Waals surface area (Å²) in [4.78, 5) is 21.1. The van der Waals surface area contributed by atoms with Gasteiger partial charge in [-0.25, -0.2) is 4.98 Å². The molecule has 0 spiro atoms. The summed E-state index contributed by atoms with van der Waals surface area (Å²) in [5.74, 6) is 0.797. The Hall–Kier alpha value is -3.73. The van der Waals surface area contributed by atoms with Crippen LogP contribution in [0.1, 0.15) is 10.4 Å². The molecule has 2 aromatic carbocycles. The molecule has 0 aliphatic heterocycles. The Kier molecular flexibility index (Phi) is 4.26. The molecule has 0 radical (unpaired) electrons. The van der Waals surface area contributed by atoms with E-state index in [-0.39, 0.29) is 5.91 Å². The maximum Gasteiger partial charge on any atom is 0.255 e. The van der Waals surface area contributed by atoms with Crippen molar-refractivity contribution in [2.75, 3.05) is 5.32 Å². The zero-order valence-corrected chi connectivity index (χ0v) is 13.8. The fourth-order valence-corrected chi connectivity index (χ4v) is 2.63. The molecule has 1 N–H and O–H groups in total. The number of ether oxygens (including phenoxy) is 1. The van der Waals surface area contributed by atoms with Gasteiger partial charge in [-0.1, -0.05) is 30.3 Å². The Bertz CT molecular complexity index is 1060. The molecule has 126 valence electrons. The molecule has 0 aliphatic rings. The van der Waals surface area contributed by atoms with Crippen LogP contribution in [0.5, 0.6) is 11.6 Å². The first-order chi connectivity index (χ1) is 12.8. The monoisotopic (exact) mass is 341 g/mol. The van der Waals surface area contributed by atoms with Gasteiger partial charge in [-0.2, -0.15) is 0 Å². The summed E-state index contributed by atoms with van der Waals surface area (Å²) in [7, 11) is 0. The number of hydrogen-bond acceptors (Lipinski definition) is 4. The summed E-state index contributed by atoms with van der Waals surface area (Å²) < 4.78 is 5.69. The summed E-state index contributed by atoms with van der Waals surface area (Å²) in [6.45, 7) is 0. The van der Waals surface area contributed by atoms with Crippen LogP contribution in [0, 0.1) is 0 Å². The third-order valence-corrected chi connectivity index (χ3v) is 3.84. The minimum atomic E-state index is -0.227. The van der Waals surface area contributed by atoms with E-state index in [4.69, 9.17) is 4.74 Å². The summed E-state index contributed by atoms with van der Waals surface area (Å²) in [6, 6.07) is 21.9. The second kappa shape index (κ2) is 7.03. The van der Waals surface area contributed by atoms with Gasteiger partial charge in [-0.3, -0.25) is 9.78 Å². The lowest BCUT2D eigenvalue weighted by molar-refractivity contribution is 0.102. The van der Waals surface area contributed by atoms with E-state index in [1.54, 1.807) is 42.7 Å². The molecular weight excluding hydrogens is 326 g/mol. The lowest BCUT2D eigenvalue weighted by atomic mass is 10.1. The van der Waals surface area contributed by atoms with Crippen molar-refractivity contribution >= 4 is 22.5 Å². The number of fused-ring (bicyclic) bond motifs is 1. The molecule has 0 saturated heterocycles. The number of para-hydroxylation sites is 1. The molecule has 0 bridgehead atoms. The summed E-state index contributed by atoms with van der Waals surface area (Å²) in [5, 5.41) is 3.89. The minimum Gasteiger partial charge on any atom is -0.439 e. The Labute approximate surface area is 150 Å². The van der Waals surface area contributed by atoms with Crippen LogP contribution in [0.15, 0.2) is 85.2 Å². The lowest BCUT2D eigenvalue weighted by Gasteiger charge is -2.09. The van der Waals surface area contributed by atoms with E-state index in [0.29, 0.717) is 22.9 Å². The summed E-state index contributed by atoms with van der Waals surface area (Å²) in [5.41, 5.74) is 1.92. The van der Waals surface area contributed by atoms with Gasteiger partial charge in [0.15, 0.2) is 0 Å². The van der Waals surface area contributed by atoms with E-state index in [2.05, 4.69) is 15.3 Å². The molecule has 5 heteroatoms. The number of nitrogens with one attached hydrogen (secondary N) is 1. The first kappa shape index (κ1) is 15.8. The van der Waals surface area contributed by atoms with Gasteiger partial charge in [-0.15, -0.1) is 0 Å².